The maximum Gasteiger partial charge on any atom is 0.344 e. The Kier molecular flexibility index (Phi) is 4.90. The Morgan fingerprint density at radius 3 is 2.04 bits per heavy atom. The first kappa shape index (κ1) is 17.9. The number of benzene rings is 3. The van der Waals surface area contributed by atoms with Gasteiger partial charge in [-0.2, -0.15) is 0 Å². The van der Waals surface area contributed by atoms with E-state index in [1.807, 2.05) is 54.6 Å². The molecule has 4 rings (SSSR count). The Labute approximate surface area is 163 Å². The number of carbonyl (C=O) groups is 1. The zero-order valence-electron chi connectivity index (χ0n) is 15.6. The smallest absolute Gasteiger partial charge is 0.344 e. The van der Waals surface area contributed by atoms with Crippen LogP contribution in [0.5, 0.6) is 0 Å². The summed E-state index contributed by atoms with van der Waals surface area (Å²) >= 11 is 0. The van der Waals surface area contributed by atoms with Gasteiger partial charge in [0.1, 0.15) is 5.76 Å². The van der Waals surface area contributed by atoms with Gasteiger partial charge >= 0.3 is 5.63 Å². The number of rotatable bonds is 5. The van der Waals surface area contributed by atoms with Crippen molar-refractivity contribution in [2.24, 2.45) is 0 Å². The number of carbonyl (C=O) groups excluding carboxylic acids is 1. The first-order valence-corrected chi connectivity index (χ1v) is 9.28. The molecule has 3 heteroatoms. The monoisotopic (exact) mass is 368 g/mol. The molecular formula is C25H20O3. The van der Waals surface area contributed by atoms with Crippen LogP contribution in [0.3, 0.4) is 0 Å². The van der Waals surface area contributed by atoms with E-state index in [2.05, 4.69) is 18.2 Å². The van der Waals surface area contributed by atoms with Gasteiger partial charge in [0.05, 0.1) is 10.9 Å². The van der Waals surface area contributed by atoms with Crippen molar-refractivity contribution in [3.8, 4) is 0 Å². The van der Waals surface area contributed by atoms with Gasteiger partial charge < -0.3 is 4.42 Å². The van der Waals surface area contributed by atoms with Crippen LogP contribution < -0.4 is 5.63 Å². The Balaban J connectivity index is 1.93. The molecule has 28 heavy (non-hydrogen) atoms. The van der Waals surface area contributed by atoms with Gasteiger partial charge in [0.15, 0.2) is 6.29 Å². The molecule has 0 radical (unpaired) electrons. The quantitative estimate of drug-likeness (QED) is 0.461. The molecule has 0 fully saturated rings. The topological polar surface area (TPSA) is 47.3 Å². The zero-order chi connectivity index (χ0) is 19.5. The van der Waals surface area contributed by atoms with E-state index < -0.39 is 5.63 Å². The molecule has 0 aliphatic carbocycles. The summed E-state index contributed by atoms with van der Waals surface area (Å²) in [4.78, 5) is 24.4. The molecule has 0 unspecified atom stereocenters. The molecule has 4 aromatic rings. The second-order valence-electron chi connectivity index (χ2n) is 6.98. The Morgan fingerprint density at radius 1 is 0.821 bits per heavy atom. The summed E-state index contributed by atoms with van der Waals surface area (Å²) < 4.78 is 5.36. The maximum atomic E-state index is 12.7. The number of aryl methyl sites for hydroxylation is 1. The van der Waals surface area contributed by atoms with Crippen molar-refractivity contribution in [1.82, 2.24) is 0 Å². The van der Waals surface area contributed by atoms with Crippen molar-refractivity contribution in [3.63, 3.8) is 0 Å². The average Bonchev–Trinajstić information content (AvgIpc) is 2.69. The molecule has 0 bridgehead atoms. The van der Waals surface area contributed by atoms with Gasteiger partial charge in [0, 0.05) is 5.39 Å². The molecule has 0 N–H and O–H groups in total. The third kappa shape index (κ3) is 3.52. The van der Waals surface area contributed by atoms with Crippen molar-refractivity contribution < 1.29 is 9.21 Å². The fourth-order valence-electron chi connectivity index (χ4n) is 3.69. The molecule has 1 aromatic heterocycles. The molecule has 0 amide bonds. The lowest BCUT2D eigenvalue weighted by molar-refractivity contribution is 0.112. The van der Waals surface area contributed by atoms with E-state index in [1.165, 1.54) is 5.56 Å². The summed E-state index contributed by atoms with van der Waals surface area (Å²) in [5, 5.41) is 1.16. The summed E-state index contributed by atoms with van der Waals surface area (Å²) in [6, 6.07) is 24.2. The van der Waals surface area contributed by atoms with E-state index in [-0.39, 0.29) is 0 Å². The van der Waals surface area contributed by atoms with Crippen LogP contribution in [0.2, 0.25) is 0 Å². The van der Waals surface area contributed by atoms with Crippen LogP contribution in [-0.2, 0) is 12.8 Å². The molecule has 0 saturated heterocycles. The number of aldehydes is 1. The van der Waals surface area contributed by atoms with Gasteiger partial charge in [0.25, 0.3) is 0 Å². The lowest BCUT2D eigenvalue weighted by Gasteiger charge is -2.12. The third-order valence-corrected chi connectivity index (χ3v) is 5.01. The minimum atomic E-state index is -0.393. The maximum absolute atomic E-state index is 12.7. The first-order chi connectivity index (χ1) is 13.7. The Morgan fingerprint density at radius 2 is 1.43 bits per heavy atom. The normalized spacial score (nSPS) is 10.9. The largest absolute Gasteiger partial charge is 0.427 e. The number of fused-ring (bicyclic) bond motifs is 1. The van der Waals surface area contributed by atoms with E-state index in [1.54, 1.807) is 6.92 Å². The van der Waals surface area contributed by atoms with Crippen LogP contribution >= 0.6 is 0 Å². The minimum absolute atomic E-state index is 0.357. The van der Waals surface area contributed by atoms with E-state index in [0.29, 0.717) is 28.5 Å². The second-order valence-corrected chi connectivity index (χ2v) is 6.98. The van der Waals surface area contributed by atoms with Gasteiger partial charge in [-0.15, -0.1) is 0 Å². The zero-order valence-corrected chi connectivity index (χ0v) is 15.6. The molecule has 0 aliphatic heterocycles. The van der Waals surface area contributed by atoms with Gasteiger partial charge in [-0.05, 0) is 48.1 Å². The summed E-state index contributed by atoms with van der Waals surface area (Å²) in [6.07, 6.45) is 2.11. The van der Waals surface area contributed by atoms with Crippen molar-refractivity contribution >= 4 is 17.1 Å². The lowest BCUT2D eigenvalue weighted by atomic mass is 9.92. The van der Waals surface area contributed by atoms with Crippen LogP contribution in [0, 0.1) is 6.92 Å². The average molecular weight is 368 g/mol. The highest BCUT2D eigenvalue weighted by Gasteiger charge is 2.16. The highest BCUT2D eigenvalue weighted by molar-refractivity contribution is 5.99. The van der Waals surface area contributed by atoms with Gasteiger partial charge in [-0.3, -0.25) is 4.79 Å². The highest BCUT2D eigenvalue weighted by Crippen LogP contribution is 2.26. The first-order valence-electron chi connectivity index (χ1n) is 9.28. The predicted octanol–water partition coefficient (Wildman–Crippen LogP) is 5.10. The van der Waals surface area contributed by atoms with Gasteiger partial charge in [-0.25, -0.2) is 4.79 Å². The minimum Gasteiger partial charge on any atom is -0.427 e. The van der Waals surface area contributed by atoms with Crippen LogP contribution in [0.4, 0.5) is 0 Å². The van der Waals surface area contributed by atoms with Crippen LogP contribution in [0.15, 0.2) is 82.0 Å². The standard InChI is InChI=1S/C25H20O3/c1-17-23(16-26)22-15-20(12-18-8-4-2-5-9-18)14-21(24(22)25(27)28-17)13-19-10-6-3-7-11-19/h2-11,14-16H,12-13H2,1H3. The highest BCUT2D eigenvalue weighted by atomic mass is 16.4. The molecule has 138 valence electrons. The van der Waals surface area contributed by atoms with Crippen molar-refractivity contribution in [1.29, 1.82) is 0 Å². The fraction of sp³-hybridized carbons (Fsp3) is 0.120. The van der Waals surface area contributed by atoms with E-state index in [9.17, 15) is 9.59 Å². The SMILES string of the molecule is Cc1oc(=O)c2c(Cc3ccccc3)cc(Cc3ccccc3)cc2c1C=O. The molecule has 1 heterocycles. The number of hydrogen-bond donors (Lipinski definition) is 0. The molecular weight excluding hydrogens is 348 g/mol. The van der Waals surface area contributed by atoms with Gasteiger partial charge in [-0.1, -0.05) is 66.7 Å². The van der Waals surface area contributed by atoms with Crippen LogP contribution in [-0.4, -0.2) is 6.29 Å². The summed E-state index contributed by atoms with van der Waals surface area (Å²) in [5.41, 5.74) is 4.28. The number of hydrogen-bond acceptors (Lipinski definition) is 3. The summed E-state index contributed by atoms with van der Waals surface area (Å²) in [6.45, 7) is 1.66. The fourth-order valence-corrected chi connectivity index (χ4v) is 3.69. The van der Waals surface area contributed by atoms with Crippen LogP contribution in [0.25, 0.3) is 10.8 Å². The van der Waals surface area contributed by atoms with Gasteiger partial charge in [0.2, 0.25) is 0 Å². The van der Waals surface area contributed by atoms with Crippen molar-refractivity contribution in [3.05, 3.63) is 117 Å². The Hall–Kier alpha value is -3.46. The van der Waals surface area contributed by atoms with Crippen molar-refractivity contribution in [2.75, 3.05) is 0 Å². The van der Waals surface area contributed by atoms with E-state index in [4.69, 9.17) is 4.42 Å². The summed E-state index contributed by atoms with van der Waals surface area (Å²) in [7, 11) is 0. The molecule has 3 aromatic carbocycles. The molecule has 0 saturated carbocycles. The Bertz CT molecular complexity index is 1190. The van der Waals surface area contributed by atoms with E-state index in [0.717, 1.165) is 29.4 Å². The lowest BCUT2D eigenvalue weighted by Crippen LogP contribution is -2.09. The third-order valence-electron chi connectivity index (χ3n) is 5.01. The molecule has 0 spiro atoms. The molecule has 0 aliphatic rings. The second kappa shape index (κ2) is 7.65. The van der Waals surface area contributed by atoms with E-state index >= 15 is 0 Å². The molecule has 0 atom stereocenters. The molecule has 3 nitrogen and oxygen atoms in total. The summed E-state index contributed by atoms with van der Waals surface area (Å²) in [5.74, 6) is 0.357. The predicted molar refractivity (Wildman–Crippen MR) is 111 cm³/mol. The van der Waals surface area contributed by atoms with Crippen LogP contribution in [0.1, 0.15) is 38.4 Å². The van der Waals surface area contributed by atoms with Crippen molar-refractivity contribution in [2.45, 2.75) is 19.8 Å².